The quantitative estimate of drug-likeness (QED) is 0.123. The summed E-state index contributed by atoms with van der Waals surface area (Å²) in [5.41, 5.74) is 16.8. The third-order valence-corrected chi connectivity index (χ3v) is 18.6. The zero-order valence-electron chi connectivity index (χ0n) is 55.5. The minimum atomic E-state index is -2.70. The zero-order valence-corrected chi connectivity index (χ0v) is 51.8. The molecule has 0 atom stereocenters. The smallest absolute Gasteiger partial charge is 0.268 e. The van der Waals surface area contributed by atoms with Gasteiger partial charge in [0.15, 0.2) is 0 Å². The van der Waals surface area contributed by atoms with Crippen LogP contribution in [0.15, 0.2) is 206 Å². The van der Waals surface area contributed by atoms with Crippen molar-refractivity contribution in [2.24, 2.45) is 0 Å². The van der Waals surface area contributed by atoms with Crippen LogP contribution >= 0.6 is 0 Å². The van der Waals surface area contributed by atoms with E-state index in [0.29, 0.717) is 28.4 Å². The molecule has 2 aliphatic rings. The second-order valence-corrected chi connectivity index (χ2v) is 25.8. The molecular weight excluding hydrogens is 1240 g/mol. The molecule has 1 aliphatic heterocycles. The second-order valence-electron chi connectivity index (χ2n) is 25.8. The number of aryl methyl sites for hydroxylation is 2. The number of para-hydroxylation sites is 4. The molecule has 7 heteroatoms. The fraction of sp³-hybridized carbons (Fsp3) is 0.175. The van der Waals surface area contributed by atoms with E-state index in [1.54, 1.807) is 18.2 Å². The number of hydrogen-bond acceptors (Lipinski definition) is 2. The predicted molar refractivity (Wildman–Crippen MR) is 353 cm³/mol. The molecule has 6 nitrogen and oxygen atoms in total. The standard InChI is InChI=1S/C80H65N5O.Pt/c1-49-21-18-22-50(2)75(49)63-31-20-30-62-65-47-68-67(79(6,7)38-39-80(68,8)9)46-64(65)56-25-10-11-26-57(56)66-43-53(84-69-32-15-12-27-58(69)59-28-13-16-33-70(59)84)44-73-77(66)83(76(62)63)48-82(73)52-23-19-24-54(42-52)86-55-35-36-61-60-29-14-17-34-71(60)85(72(61)45-55)74-41-51(37-40-81-74)78(3,4)5;/h10-37,40-41,43-44,46-47H,38-39H2,1-9H3;/q-2;/i1D3,2D3;. The van der Waals surface area contributed by atoms with Gasteiger partial charge in [0.25, 0.3) is 6.33 Å². The van der Waals surface area contributed by atoms with Gasteiger partial charge in [0.05, 0.1) is 27.8 Å². The van der Waals surface area contributed by atoms with Crippen molar-refractivity contribution in [1.29, 1.82) is 0 Å². The summed E-state index contributed by atoms with van der Waals surface area (Å²) in [6.07, 6.45) is 7.79. The summed E-state index contributed by atoms with van der Waals surface area (Å²) in [4.78, 5) is 4.92. The van der Waals surface area contributed by atoms with Gasteiger partial charge in [-0.2, -0.15) is 18.2 Å². The molecule has 0 fully saturated rings. The van der Waals surface area contributed by atoms with Gasteiger partial charge in [-0.25, -0.2) is 4.98 Å². The Morgan fingerprint density at radius 2 is 1.08 bits per heavy atom. The summed E-state index contributed by atoms with van der Waals surface area (Å²) >= 11 is 0. The Bertz CT molecular complexity index is 5340. The van der Waals surface area contributed by atoms with Gasteiger partial charge in [-0.3, -0.25) is 4.57 Å². The molecule has 0 radical (unpaired) electrons. The molecule has 0 unspecified atom stereocenters. The van der Waals surface area contributed by atoms with Crippen molar-refractivity contribution in [1.82, 2.24) is 18.7 Å². The first kappa shape index (κ1) is 48.1. The minimum Gasteiger partial charge on any atom is -0.510 e. The fourth-order valence-electron chi connectivity index (χ4n) is 14.1. The summed E-state index contributed by atoms with van der Waals surface area (Å²) in [7, 11) is 0. The SMILES string of the molecule is [2H]C([2H])([2H])c1cccc(C([2H])([2H])[2H])c1-c1cccc2c1-[n+]1[c-]n(-c3[c-]c(Oc4[c-]c5c(cc4)c4ccccc4n5-c4cc(C(C)(C)C)ccn4)ccc3)c3cc(-n4c5ccccc5c5ccccc54)cc(c31)-c1ccccc1-c1cc3c(cc1-2)C(C)(C)CCC3(C)C.[Pt]. The first-order valence-electron chi connectivity index (χ1n) is 32.7. The van der Waals surface area contributed by atoms with Gasteiger partial charge in [0.1, 0.15) is 5.82 Å². The normalized spacial score (nSPS) is 15.3. The number of aromatic nitrogens is 5. The van der Waals surface area contributed by atoms with E-state index in [9.17, 15) is 0 Å². The van der Waals surface area contributed by atoms with E-state index in [1.165, 1.54) is 11.1 Å². The summed E-state index contributed by atoms with van der Waals surface area (Å²) in [6, 6.07) is 75.3. The third kappa shape index (κ3) is 8.53. The maximum atomic E-state index is 9.11. The Labute approximate surface area is 531 Å². The van der Waals surface area contributed by atoms with Crippen molar-refractivity contribution in [2.45, 2.75) is 91.3 Å². The topological polar surface area (TPSA) is 40.8 Å². The first-order chi connectivity index (χ1) is 44.0. The molecule has 4 aromatic heterocycles. The zero-order chi connectivity index (χ0) is 63.5. The van der Waals surface area contributed by atoms with Crippen LogP contribution in [-0.2, 0) is 37.3 Å². The summed E-state index contributed by atoms with van der Waals surface area (Å²) in [5.74, 6) is 1.70. The Hall–Kier alpha value is -9.09. The molecule has 0 saturated carbocycles. The van der Waals surface area contributed by atoms with Crippen LogP contribution in [0.25, 0.3) is 122 Å². The van der Waals surface area contributed by atoms with E-state index in [2.05, 4.69) is 220 Å². The number of pyridine rings is 1. The van der Waals surface area contributed by atoms with E-state index in [-0.39, 0.29) is 54.0 Å². The van der Waals surface area contributed by atoms with Crippen molar-refractivity contribution in [3.63, 3.8) is 0 Å². The van der Waals surface area contributed by atoms with Gasteiger partial charge in [-0.1, -0.05) is 175 Å². The molecule has 87 heavy (non-hydrogen) atoms. The van der Waals surface area contributed by atoms with Crippen LogP contribution in [0, 0.1) is 32.2 Å². The van der Waals surface area contributed by atoms with Crippen LogP contribution in [-0.4, -0.2) is 18.7 Å². The Kier molecular flexibility index (Phi) is 11.0. The van der Waals surface area contributed by atoms with Gasteiger partial charge >= 0.3 is 0 Å². The first-order valence-corrected chi connectivity index (χ1v) is 29.7. The number of imidazole rings is 1. The van der Waals surface area contributed by atoms with E-state index in [4.69, 9.17) is 17.9 Å². The summed E-state index contributed by atoms with van der Waals surface area (Å²) in [6.45, 7) is 10.6. The van der Waals surface area contributed by atoms with E-state index < -0.39 is 13.7 Å². The van der Waals surface area contributed by atoms with E-state index in [0.717, 1.165) is 118 Å². The number of fused-ring (bicyclic) bond motifs is 14. The van der Waals surface area contributed by atoms with Crippen molar-refractivity contribution in [3.8, 4) is 78.9 Å². The van der Waals surface area contributed by atoms with Gasteiger partial charge < -0.3 is 18.4 Å². The largest absolute Gasteiger partial charge is 0.510 e. The van der Waals surface area contributed by atoms with Crippen LogP contribution in [0.4, 0.5) is 0 Å². The Morgan fingerprint density at radius 3 is 1.75 bits per heavy atom. The van der Waals surface area contributed by atoms with E-state index in [1.807, 2.05) is 53.2 Å². The molecule has 5 heterocycles. The fourth-order valence-corrected chi connectivity index (χ4v) is 14.1. The second kappa shape index (κ2) is 20.0. The number of rotatable bonds is 6. The van der Waals surface area contributed by atoms with Gasteiger partial charge in [-0.05, 0) is 175 Å². The molecule has 16 rings (SSSR count). The molecular formula is C80H65N5OPt-2. The molecule has 10 aromatic carbocycles. The minimum absolute atomic E-state index is 0. The molecule has 428 valence electrons. The maximum absolute atomic E-state index is 9.11. The number of hydrogen-bond donors (Lipinski definition) is 0. The van der Waals surface area contributed by atoms with Crippen molar-refractivity contribution in [2.75, 3.05) is 0 Å². The van der Waals surface area contributed by atoms with Crippen LogP contribution < -0.4 is 9.30 Å². The molecule has 0 N–H and O–H groups in total. The molecule has 0 saturated heterocycles. The third-order valence-electron chi connectivity index (χ3n) is 18.6. The summed E-state index contributed by atoms with van der Waals surface area (Å²) < 4.78 is 70.2. The van der Waals surface area contributed by atoms with Crippen LogP contribution in [0.3, 0.4) is 0 Å². The van der Waals surface area contributed by atoms with Gasteiger partial charge in [0, 0.05) is 69.0 Å². The van der Waals surface area contributed by atoms with E-state index >= 15 is 0 Å². The molecule has 0 spiro atoms. The average molecular weight is 1310 g/mol. The monoisotopic (exact) mass is 1310 g/mol. The van der Waals surface area contributed by atoms with Crippen LogP contribution in [0.1, 0.15) is 97.3 Å². The predicted octanol–water partition coefficient (Wildman–Crippen LogP) is 19.9. The van der Waals surface area contributed by atoms with Crippen molar-refractivity contribution in [3.05, 3.63) is 253 Å². The van der Waals surface area contributed by atoms with Gasteiger partial charge in [0.2, 0.25) is 0 Å². The summed E-state index contributed by atoms with van der Waals surface area (Å²) in [5, 5.41) is 4.32. The maximum Gasteiger partial charge on any atom is 0.268 e. The molecule has 1 aliphatic carbocycles. The molecule has 0 bridgehead atoms. The number of nitrogens with zero attached hydrogens (tertiary/aromatic N) is 5. The number of benzene rings is 10. The van der Waals surface area contributed by atoms with Crippen molar-refractivity contribution < 1.29 is 38.6 Å². The van der Waals surface area contributed by atoms with Crippen molar-refractivity contribution >= 4 is 54.6 Å². The Morgan fingerprint density at radius 1 is 0.517 bits per heavy atom. The van der Waals surface area contributed by atoms with Crippen LogP contribution in [0.5, 0.6) is 11.5 Å². The van der Waals surface area contributed by atoms with Gasteiger partial charge in [-0.15, -0.1) is 29.7 Å². The van der Waals surface area contributed by atoms with Crippen LogP contribution in [0.2, 0.25) is 0 Å². The number of ether oxygens (including phenoxy) is 1. The average Bonchev–Trinajstić information content (AvgIpc) is 1.63. The molecule has 0 amide bonds. The Balaban J connectivity index is 0.00000716. The molecule has 14 aromatic rings.